The van der Waals surface area contributed by atoms with Crippen molar-refractivity contribution >= 4 is 5.91 Å². The number of aromatic nitrogens is 3. The fraction of sp³-hybridized carbons (Fsp3) is 0.263. The van der Waals surface area contributed by atoms with Crippen LogP contribution in [0.3, 0.4) is 0 Å². The fourth-order valence-corrected chi connectivity index (χ4v) is 3.19. The zero-order valence-electron chi connectivity index (χ0n) is 14.3. The van der Waals surface area contributed by atoms with Crippen LogP contribution in [0.1, 0.15) is 35.0 Å². The molecule has 138 valence electrons. The highest BCUT2D eigenvalue weighted by Crippen LogP contribution is 2.28. The molecule has 0 radical (unpaired) electrons. The molecule has 1 amide bonds. The predicted octanol–water partition coefficient (Wildman–Crippen LogP) is 3.43. The number of hydrogen-bond donors (Lipinski definition) is 0. The van der Waals surface area contributed by atoms with E-state index < -0.39 is 11.6 Å². The van der Waals surface area contributed by atoms with E-state index in [-0.39, 0.29) is 17.4 Å². The third kappa shape index (κ3) is 3.55. The summed E-state index contributed by atoms with van der Waals surface area (Å²) in [5.41, 5.74) is 0.920. The predicted molar refractivity (Wildman–Crippen MR) is 91.8 cm³/mol. The van der Waals surface area contributed by atoms with Crippen LogP contribution in [0.4, 0.5) is 8.78 Å². The van der Waals surface area contributed by atoms with Crippen LogP contribution in [0.5, 0.6) is 0 Å². The van der Waals surface area contributed by atoms with Gasteiger partial charge in [0, 0.05) is 36.6 Å². The van der Waals surface area contributed by atoms with Crippen LogP contribution in [0.2, 0.25) is 0 Å². The van der Waals surface area contributed by atoms with Gasteiger partial charge in [-0.1, -0.05) is 5.16 Å². The van der Waals surface area contributed by atoms with Crippen molar-refractivity contribution in [2.24, 2.45) is 0 Å². The van der Waals surface area contributed by atoms with Gasteiger partial charge < -0.3 is 9.42 Å². The number of piperidine rings is 1. The second kappa shape index (κ2) is 7.22. The second-order valence-electron chi connectivity index (χ2n) is 6.41. The first kappa shape index (κ1) is 17.3. The summed E-state index contributed by atoms with van der Waals surface area (Å²) in [6, 6.07) is 6.75. The minimum atomic E-state index is -1.03. The zero-order chi connectivity index (χ0) is 18.8. The van der Waals surface area contributed by atoms with Crippen LogP contribution >= 0.6 is 0 Å². The number of carbonyl (C=O) groups excluding carboxylic acids is 1. The Morgan fingerprint density at radius 3 is 2.74 bits per heavy atom. The molecule has 4 rings (SSSR count). The van der Waals surface area contributed by atoms with Crippen molar-refractivity contribution in [2.45, 2.75) is 18.8 Å². The van der Waals surface area contributed by atoms with Crippen LogP contribution < -0.4 is 0 Å². The van der Waals surface area contributed by atoms with Gasteiger partial charge in [-0.25, -0.2) is 8.78 Å². The topological polar surface area (TPSA) is 72.1 Å². The number of pyridine rings is 1. The molecule has 8 heteroatoms. The highest BCUT2D eigenvalue weighted by molar-refractivity contribution is 5.94. The first-order valence-corrected chi connectivity index (χ1v) is 8.60. The van der Waals surface area contributed by atoms with E-state index >= 15 is 0 Å². The summed E-state index contributed by atoms with van der Waals surface area (Å²) >= 11 is 0. The average Bonchev–Trinajstić information content (AvgIpc) is 3.21. The summed E-state index contributed by atoms with van der Waals surface area (Å²) in [5, 5.41) is 4.00. The summed E-state index contributed by atoms with van der Waals surface area (Å²) < 4.78 is 31.9. The van der Waals surface area contributed by atoms with Crippen molar-refractivity contribution in [3.63, 3.8) is 0 Å². The minimum absolute atomic E-state index is 0.101. The van der Waals surface area contributed by atoms with E-state index in [0.29, 0.717) is 24.8 Å². The first-order chi connectivity index (χ1) is 13.1. The summed E-state index contributed by atoms with van der Waals surface area (Å²) in [6.07, 6.45) is 4.86. The van der Waals surface area contributed by atoms with E-state index in [1.165, 1.54) is 6.07 Å². The van der Waals surface area contributed by atoms with Gasteiger partial charge in [0.1, 0.15) is 0 Å². The van der Waals surface area contributed by atoms with Crippen LogP contribution in [0.15, 0.2) is 47.2 Å². The molecule has 0 aliphatic carbocycles. The number of likely N-dealkylation sites (tertiary alicyclic amines) is 1. The van der Waals surface area contributed by atoms with Gasteiger partial charge in [-0.15, -0.1) is 0 Å². The van der Waals surface area contributed by atoms with Gasteiger partial charge in [-0.2, -0.15) is 4.98 Å². The monoisotopic (exact) mass is 370 g/mol. The van der Waals surface area contributed by atoms with Gasteiger partial charge in [0.15, 0.2) is 11.6 Å². The molecule has 1 aliphatic rings. The van der Waals surface area contributed by atoms with E-state index in [2.05, 4.69) is 15.1 Å². The van der Waals surface area contributed by atoms with Crippen molar-refractivity contribution < 1.29 is 18.1 Å². The lowest BCUT2D eigenvalue weighted by atomic mass is 9.97. The van der Waals surface area contributed by atoms with Crippen LogP contribution in [0, 0.1) is 11.6 Å². The number of carbonyl (C=O) groups is 1. The molecule has 0 saturated carbocycles. The first-order valence-electron chi connectivity index (χ1n) is 8.60. The van der Waals surface area contributed by atoms with Gasteiger partial charge in [0.25, 0.3) is 5.91 Å². The van der Waals surface area contributed by atoms with E-state index in [4.69, 9.17) is 4.52 Å². The molecule has 0 N–H and O–H groups in total. The van der Waals surface area contributed by atoms with Crippen LogP contribution in [-0.2, 0) is 0 Å². The van der Waals surface area contributed by atoms with Gasteiger partial charge in [0.05, 0.1) is 5.92 Å². The largest absolute Gasteiger partial charge is 0.339 e. The molecular weight excluding hydrogens is 354 g/mol. The Labute approximate surface area is 153 Å². The second-order valence-corrected chi connectivity index (χ2v) is 6.41. The third-order valence-corrected chi connectivity index (χ3v) is 4.60. The van der Waals surface area contributed by atoms with E-state index in [1.807, 2.05) is 0 Å². The summed E-state index contributed by atoms with van der Waals surface area (Å²) in [4.78, 5) is 22.6. The van der Waals surface area contributed by atoms with Crippen molar-refractivity contribution in [3.8, 4) is 11.4 Å². The SMILES string of the molecule is O=C(c1ccc(F)c(F)c1)N1CCCC(c2nc(-c3ccncc3)no2)C1. The molecule has 1 aromatic carbocycles. The standard InChI is InChI=1S/C19H16F2N4O2/c20-15-4-3-13(10-16(15)21)19(26)25-9-1-2-14(11-25)18-23-17(24-27-18)12-5-7-22-8-6-12/h3-8,10,14H,1-2,9,11H2. The van der Waals surface area contributed by atoms with Gasteiger partial charge in [0.2, 0.25) is 11.7 Å². The number of halogens is 2. The number of rotatable bonds is 3. The Hall–Kier alpha value is -3.16. The molecule has 1 fully saturated rings. The molecule has 0 bridgehead atoms. The van der Waals surface area contributed by atoms with Gasteiger partial charge in [-0.05, 0) is 43.2 Å². The fourth-order valence-electron chi connectivity index (χ4n) is 3.19. The van der Waals surface area contributed by atoms with Crippen LogP contribution in [0.25, 0.3) is 11.4 Å². The van der Waals surface area contributed by atoms with Crippen molar-refractivity contribution in [1.82, 2.24) is 20.0 Å². The molecule has 0 spiro atoms. The average molecular weight is 370 g/mol. The molecule has 1 aliphatic heterocycles. The van der Waals surface area contributed by atoms with Gasteiger partial charge in [-0.3, -0.25) is 9.78 Å². The summed E-state index contributed by atoms with van der Waals surface area (Å²) in [7, 11) is 0. The maximum atomic E-state index is 13.4. The lowest BCUT2D eigenvalue weighted by Gasteiger charge is -2.31. The maximum absolute atomic E-state index is 13.4. The molecule has 27 heavy (non-hydrogen) atoms. The Bertz CT molecular complexity index is 961. The Morgan fingerprint density at radius 2 is 1.96 bits per heavy atom. The Kier molecular flexibility index (Phi) is 4.62. The van der Waals surface area contributed by atoms with E-state index in [1.54, 1.807) is 29.4 Å². The van der Waals surface area contributed by atoms with E-state index in [0.717, 1.165) is 30.5 Å². The van der Waals surface area contributed by atoms with Crippen molar-refractivity contribution in [1.29, 1.82) is 0 Å². The molecule has 3 aromatic rings. The number of nitrogens with zero attached hydrogens (tertiary/aromatic N) is 4. The number of hydrogen-bond acceptors (Lipinski definition) is 5. The number of amides is 1. The maximum Gasteiger partial charge on any atom is 0.253 e. The van der Waals surface area contributed by atoms with Crippen LogP contribution in [-0.4, -0.2) is 39.0 Å². The Morgan fingerprint density at radius 1 is 1.15 bits per heavy atom. The quantitative estimate of drug-likeness (QED) is 0.706. The Balaban J connectivity index is 1.50. The zero-order valence-corrected chi connectivity index (χ0v) is 14.3. The smallest absolute Gasteiger partial charge is 0.253 e. The molecule has 2 aromatic heterocycles. The van der Waals surface area contributed by atoms with Crippen molar-refractivity contribution in [2.75, 3.05) is 13.1 Å². The normalized spacial score (nSPS) is 17.1. The molecule has 6 nitrogen and oxygen atoms in total. The summed E-state index contributed by atoms with van der Waals surface area (Å²) in [6.45, 7) is 0.926. The lowest BCUT2D eigenvalue weighted by molar-refractivity contribution is 0.0695. The highest BCUT2D eigenvalue weighted by Gasteiger charge is 2.29. The highest BCUT2D eigenvalue weighted by atomic mass is 19.2. The molecule has 1 unspecified atom stereocenters. The molecular formula is C19H16F2N4O2. The van der Waals surface area contributed by atoms with Gasteiger partial charge >= 0.3 is 0 Å². The number of benzene rings is 1. The van der Waals surface area contributed by atoms with E-state index in [9.17, 15) is 13.6 Å². The lowest BCUT2D eigenvalue weighted by Crippen LogP contribution is -2.39. The third-order valence-electron chi connectivity index (χ3n) is 4.60. The molecule has 1 saturated heterocycles. The van der Waals surface area contributed by atoms with Crippen molar-refractivity contribution in [3.05, 3.63) is 65.8 Å². The summed E-state index contributed by atoms with van der Waals surface area (Å²) in [5.74, 6) is -1.52. The molecule has 3 heterocycles. The minimum Gasteiger partial charge on any atom is -0.339 e. The molecule has 1 atom stereocenters.